The molecule has 1 aliphatic rings. The van der Waals surface area contributed by atoms with Crippen molar-refractivity contribution in [2.75, 3.05) is 27.2 Å². The van der Waals surface area contributed by atoms with Gasteiger partial charge in [0.15, 0.2) is 0 Å². The van der Waals surface area contributed by atoms with Gasteiger partial charge in [-0.25, -0.2) is 0 Å². The van der Waals surface area contributed by atoms with Crippen molar-refractivity contribution in [3.05, 3.63) is 35.9 Å². The highest BCUT2D eigenvalue weighted by Gasteiger charge is 2.30. The van der Waals surface area contributed by atoms with E-state index in [1.807, 2.05) is 30.3 Å². The zero-order valence-electron chi connectivity index (χ0n) is 13.8. The van der Waals surface area contributed by atoms with E-state index < -0.39 is 6.04 Å². The molecule has 1 fully saturated rings. The van der Waals surface area contributed by atoms with Gasteiger partial charge in [0, 0.05) is 33.1 Å². The van der Waals surface area contributed by atoms with Crippen LogP contribution in [0.2, 0.25) is 0 Å². The van der Waals surface area contributed by atoms with Crippen molar-refractivity contribution >= 4 is 24.2 Å². The number of nitrogens with two attached hydrogens (primary N) is 1. The third kappa shape index (κ3) is 5.22. The number of piperidine rings is 1. The second kappa shape index (κ2) is 8.89. The van der Waals surface area contributed by atoms with Crippen molar-refractivity contribution in [3.8, 4) is 0 Å². The summed E-state index contributed by atoms with van der Waals surface area (Å²) >= 11 is 0. The molecule has 2 amide bonds. The van der Waals surface area contributed by atoms with Crippen LogP contribution in [0.15, 0.2) is 30.3 Å². The van der Waals surface area contributed by atoms with E-state index in [0.29, 0.717) is 19.5 Å². The summed E-state index contributed by atoms with van der Waals surface area (Å²) in [5.41, 5.74) is 7.13. The molecule has 1 heterocycles. The Kier molecular flexibility index (Phi) is 7.52. The summed E-state index contributed by atoms with van der Waals surface area (Å²) in [5, 5.41) is 0. The summed E-state index contributed by atoms with van der Waals surface area (Å²) in [5.74, 6) is 0.171. The van der Waals surface area contributed by atoms with E-state index in [1.165, 1.54) is 0 Å². The first-order chi connectivity index (χ1) is 10.5. The molecule has 0 bridgehead atoms. The Labute approximate surface area is 144 Å². The van der Waals surface area contributed by atoms with E-state index >= 15 is 0 Å². The van der Waals surface area contributed by atoms with Gasteiger partial charge >= 0.3 is 0 Å². The highest BCUT2D eigenvalue weighted by molar-refractivity contribution is 5.85. The van der Waals surface area contributed by atoms with Gasteiger partial charge in [-0.3, -0.25) is 9.59 Å². The number of nitrogens with zero attached hydrogens (tertiary/aromatic N) is 2. The summed E-state index contributed by atoms with van der Waals surface area (Å²) in [6.45, 7) is 1.23. The Morgan fingerprint density at radius 2 is 1.78 bits per heavy atom. The van der Waals surface area contributed by atoms with Crippen LogP contribution in [-0.2, 0) is 16.0 Å². The van der Waals surface area contributed by atoms with Gasteiger partial charge in [0.1, 0.15) is 0 Å². The van der Waals surface area contributed by atoms with Crippen LogP contribution in [0.3, 0.4) is 0 Å². The smallest absolute Gasteiger partial charge is 0.239 e. The molecule has 1 aromatic rings. The van der Waals surface area contributed by atoms with Crippen LogP contribution >= 0.6 is 12.4 Å². The summed E-state index contributed by atoms with van der Waals surface area (Å²) < 4.78 is 0. The summed E-state index contributed by atoms with van der Waals surface area (Å²) in [4.78, 5) is 27.8. The molecule has 2 rings (SSSR count). The maximum absolute atomic E-state index is 12.4. The lowest BCUT2D eigenvalue weighted by molar-refractivity contribution is -0.139. The maximum Gasteiger partial charge on any atom is 0.239 e. The largest absolute Gasteiger partial charge is 0.349 e. The zero-order chi connectivity index (χ0) is 16.1. The highest BCUT2D eigenvalue weighted by Crippen LogP contribution is 2.19. The van der Waals surface area contributed by atoms with Crippen LogP contribution in [0.1, 0.15) is 18.4 Å². The zero-order valence-corrected chi connectivity index (χ0v) is 14.6. The van der Waals surface area contributed by atoms with E-state index in [-0.39, 0.29) is 30.1 Å². The first-order valence-electron chi connectivity index (χ1n) is 7.78. The van der Waals surface area contributed by atoms with Crippen molar-refractivity contribution < 1.29 is 9.59 Å². The van der Waals surface area contributed by atoms with E-state index in [4.69, 9.17) is 5.73 Å². The predicted octanol–water partition coefficient (Wildman–Crippen LogP) is 1.31. The summed E-state index contributed by atoms with van der Waals surface area (Å²) in [6, 6.07) is 9.30. The Morgan fingerprint density at radius 3 is 2.30 bits per heavy atom. The van der Waals surface area contributed by atoms with Crippen molar-refractivity contribution in [2.45, 2.75) is 25.3 Å². The van der Waals surface area contributed by atoms with E-state index in [2.05, 4.69) is 0 Å². The fourth-order valence-corrected chi connectivity index (χ4v) is 2.90. The van der Waals surface area contributed by atoms with Crippen LogP contribution in [0.25, 0.3) is 0 Å². The molecule has 2 N–H and O–H groups in total. The van der Waals surface area contributed by atoms with Crippen molar-refractivity contribution in [2.24, 2.45) is 11.7 Å². The SMILES string of the molecule is CN(C)C(=O)C1CCN(C(=O)C(N)Cc2ccccc2)CC1.Cl. The molecule has 0 aromatic heterocycles. The van der Waals surface area contributed by atoms with Gasteiger partial charge in [-0.1, -0.05) is 30.3 Å². The number of rotatable bonds is 4. The van der Waals surface area contributed by atoms with Crippen molar-refractivity contribution in [1.82, 2.24) is 9.80 Å². The van der Waals surface area contributed by atoms with E-state index in [0.717, 1.165) is 18.4 Å². The number of halogens is 1. The molecule has 5 nitrogen and oxygen atoms in total. The van der Waals surface area contributed by atoms with Gasteiger partial charge in [0.2, 0.25) is 11.8 Å². The fourth-order valence-electron chi connectivity index (χ4n) is 2.90. The maximum atomic E-state index is 12.4. The third-order valence-electron chi connectivity index (χ3n) is 4.21. The standard InChI is InChI=1S/C17H25N3O2.ClH/c1-19(2)16(21)14-8-10-20(11-9-14)17(22)15(18)12-13-6-4-3-5-7-13;/h3-7,14-15H,8-12,18H2,1-2H3;1H. The summed E-state index contributed by atoms with van der Waals surface area (Å²) in [6.07, 6.45) is 2.00. The van der Waals surface area contributed by atoms with Crippen LogP contribution < -0.4 is 5.73 Å². The molecular weight excluding hydrogens is 314 g/mol. The topological polar surface area (TPSA) is 66.6 Å². The van der Waals surface area contributed by atoms with Crippen LogP contribution in [0.4, 0.5) is 0 Å². The highest BCUT2D eigenvalue weighted by atomic mass is 35.5. The Hall–Kier alpha value is -1.59. The summed E-state index contributed by atoms with van der Waals surface area (Å²) in [7, 11) is 3.55. The van der Waals surface area contributed by atoms with Gasteiger partial charge in [-0.2, -0.15) is 0 Å². The second-order valence-corrected chi connectivity index (χ2v) is 6.13. The Bertz CT molecular complexity index is 514. The number of likely N-dealkylation sites (tertiary alicyclic amines) is 1. The van der Waals surface area contributed by atoms with Gasteiger partial charge in [0.05, 0.1) is 6.04 Å². The number of hydrogen-bond acceptors (Lipinski definition) is 3. The molecule has 0 radical (unpaired) electrons. The average molecular weight is 340 g/mol. The monoisotopic (exact) mass is 339 g/mol. The van der Waals surface area contributed by atoms with Gasteiger partial charge in [-0.05, 0) is 24.8 Å². The molecule has 1 aliphatic heterocycles. The number of carbonyl (C=O) groups is 2. The van der Waals surface area contributed by atoms with Gasteiger partial charge in [-0.15, -0.1) is 12.4 Å². The molecule has 128 valence electrons. The normalized spacial score (nSPS) is 16.4. The van der Waals surface area contributed by atoms with Crippen molar-refractivity contribution in [3.63, 3.8) is 0 Å². The molecule has 0 spiro atoms. The third-order valence-corrected chi connectivity index (χ3v) is 4.21. The molecule has 6 heteroatoms. The lowest BCUT2D eigenvalue weighted by Gasteiger charge is -2.33. The minimum atomic E-state index is -0.511. The fraction of sp³-hybridized carbons (Fsp3) is 0.529. The predicted molar refractivity (Wildman–Crippen MR) is 93.4 cm³/mol. The van der Waals surface area contributed by atoms with Gasteiger partial charge in [0.25, 0.3) is 0 Å². The van der Waals surface area contributed by atoms with Gasteiger partial charge < -0.3 is 15.5 Å². The Balaban J connectivity index is 0.00000264. The minimum Gasteiger partial charge on any atom is -0.349 e. The number of hydrogen-bond donors (Lipinski definition) is 1. The van der Waals surface area contributed by atoms with Crippen LogP contribution in [0.5, 0.6) is 0 Å². The molecule has 1 unspecified atom stereocenters. The number of amides is 2. The average Bonchev–Trinajstić information content (AvgIpc) is 2.54. The van der Waals surface area contributed by atoms with Crippen LogP contribution in [-0.4, -0.2) is 54.8 Å². The molecule has 1 saturated heterocycles. The van der Waals surface area contributed by atoms with E-state index in [9.17, 15) is 9.59 Å². The molecule has 23 heavy (non-hydrogen) atoms. The molecule has 1 atom stereocenters. The molecule has 0 saturated carbocycles. The van der Waals surface area contributed by atoms with Crippen LogP contribution in [0, 0.1) is 5.92 Å². The second-order valence-electron chi connectivity index (χ2n) is 6.13. The Morgan fingerprint density at radius 1 is 1.22 bits per heavy atom. The first-order valence-corrected chi connectivity index (χ1v) is 7.78. The van der Waals surface area contributed by atoms with Crippen molar-refractivity contribution in [1.29, 1.82) is 0 Å². The number of carbonyl (C=O) groups excluding carboxylic acids is 2. The molecule has 1 aromatic carbocycles. The minimum absolute atomic E-state index is 0. The molecule has 0 aliphatic carbocycles. The first kappa shape index (κ1) is 19.5. The lowest BCUT2D eigenvalue weighted by atomic mass is 9.94. The number of benzene rings is 1. The van der Waals surface area contributed by atoms with E-state index in [1.54, 1.807) is 23.9 Å². The quantitative estimate of drug-likeness (QED) is 0.899. The molecular formula is C17H26ClN3O2. The lowest BCUT2D eigenvalue weighted by Crippen LogP contribution is -2.49.